The van der Waals surface area contributed by atoms with Crippen LogP contribution in [0.4, 0.5) is 18.9 Å². The molecule has 0 saturated heterocycles. The minimum atomic E-state index is -4.85. The van der Waals surface area contributed by atoms with E-state index in [4.69, 9.17) is 9.84 Å². The summed E-state index contributed by atoms with van der Waals surface area (Å²) in [4.78, 5) is 11.0. The van der Waals surface area contributed by atoms with Gasteiger partial charge in [-0.1, -0.05) is 12.1 Å². The van der Waals surface area contributed by atoms with Crippen molar-refractivity contribution >= 4 is 21.7 Å². The number of alkyl halides is 3. The van der Waals surface area contributed by atoms with Crippen LogP contribution in [0.1, 0.15) is 0 Å². The minimum Gasteiger partial charge on any atom is -0.496 e. The van der Waals surface area contributed by atoms with Gasteiger partial charge < -0.3 is 14.6 Å². The number of halogens is 3. The van der Waals surface area contributed by atoms with Gasteiger partial charge in [0.15, 0.2) is 0 Å². The van der Waals surface area contributed by atoms with Gasteiger partial charge in [-0.15, -0.1) is 13.2 Å². The van der Waals surface area contributed by atoms with Crippen molar-refractivity contribution in [3.63, 3.8) is 0 Å². The lowest BCUT2D eigenvalue weighted by Crippen LogP contribution is -2.34. The smallest absolute Gasteiger partial charge is 0.496 e. The van der Waals surface area contributed by atoms with E-state index in [2.05, 4.69) is 4.74 Å². The van der Waals surface area contributed by atoms with Crippen molar-refractivity contribution in [1.82, 2.24) is 0 Å². The van der Waals surface area contributed by atoms with Gasteiger partial charge in [0.1, 0.15) is 18.0 Å². The average molecular weight is 419 g/mol. The number of carboxylic acids is 1. The third kappa shape index (κ3) is 5.52. The fourth-order valence-corrected chi connectivity index (χ4v) is 3.30. The zero-order valence-electron chi connectivity index (χ0n) is 14.7. The molecular weight excluding hydrogens is 403 g/mol. The van der Waals surface area contributed by atoms with Crippen molar-refractivity contribution in [2.75, 3.05) is 24.2 Å². The molecule has 7 nitrogen and oxygen atoms in total. The SMILES string of the molecule is COc1cc(N(CC(=O)O)S(C)(=O)=O)ccc1-c1cccc(OC(F)(F)F)c1. The van der Waals surface area contributed by atoms with Crippen LogP contribution in [0.25, 0.3) is 11.1 Å². The van der Waals surface area contributed by atoms with E-state index in [1.54, 1.807) is 0 Å². The minimum absolute atomic E-state index is 0.0354. The lowest BCUT2D eigenvalue weighted by molar-refractivity contribution is -0.274. The Morgan fingerprint density at radius 2 is 1.86 bits per heavy atom. The molecule has 2 aromatic rings. The van der Waals surface area contributed by atoms with Gasteiger partial charge in [-0.05, 0) is 29.8 Å². The number of hydrogen-bond acceptors (Lipinski definition) is 5. The van der Waals surface area contributed by atoms with Gasteiger partial charge >= 0.3 is 12.3 Å². The highest BCUT2D eigenvalue weighted by molar-refractivity contribution is 7.92. The second-order valence-electron chi connectivity index (χ2n) is 5.62. The van der Waals surface area contributed by atoms with Crippen molar-refractivity contribution < 1.29 is 41.0 Å². The monoisotopic (exact) mass is 419 g/mol. The third-order valence-corrected chi connectivity index (χ3v) is 4.67. The van der Waals surface area contributed by atoms with Crippen LogP contribution in [0.15, 0.2) is 42.5 Å². The quantitative estimate of drug-likeness (QED) is 0.741. The first-order valence-corrected chi connectivity index (χ1v) is 9.49. The van der Waals surface area contributed by atoms with Crippen molar-refractivity contribution in [2.45, 2.75) is 6.36 Å². The molecule has 0 bridgehead atoms. The maximum atomic E-state index is 12.4. The largest absolute Gasteiger partial charge is 0.573 e. The zero-order valence-corrected chi connectivity index (χ0v) is 15.5. The van der Waals surface area contributed by atoms with E-state index in [9.17, 15) is 26.4 Å². The summed E-state index contributed by atoms with van der Waals surface area (Å²) in [5.74, 6) is -1.65. The molecule has 11 heteroatoms. The van der Waals surface area contributed by atoms with E-state index in [0.29, 0.717) is 15.4 Å². The Kier molecular flexibility index (Phi) is 6.07. The van der Waals surface area contributed by atoms with E-state index in [-0.39, 0.29) is 11.4 Å². The molecule has 152 valence electrons. The molecule has 28 heavy (non-hydrogen) atoms. The number of hydrogen-bond donors (Lipinski definition) is 1. The lowest BCUT2D eigenvalue weighted by atomic mass is 10.0. The number of aliphatic carboxylic acids is 1. The normalized spacial score (nSPS) is 11.8. The Hall–Kier alpha value is -2.95. The Bertz CT molecular complexity index is 975. The molecule has 0 aromatic heterocycles. The van der Waals surface area contributed by atoms with Crippen LogP contribution < -0.4 is 13.8 Å². The number of ether oxygens (including phenoxy) is 2. The molecule has 0 spiro atoms. The van der Waals surface area contributed by atoms with E-state index in [0.717, 1.165) is 18.4 Å². The van der Waals surface area contributed by atoms with Gasteiger partial charge in [-0.3, -0.25) is 9.10 Å². The van der Waals surface area contributed by atoms with Crippen LogP contribution in [0, 0.1) is 0 Å². The number of sulfonamides is 1. The Labute approximate surface area is 159 Å². The Balaban J connectivity index is 2.49. The first kappa shape index (κ1) is 21.4. The first-order chi connectivity index (χ1) is 12.9. The van der Waals surface area contributed by atoms with Crippen molar-refractivity contribution in [2.24, 2.45) is 0 Å². The van der Waals surface area contributed by atoms with E-state index < -0.39 is 34.6 Å². The van der Waals surface area contributed by atoms with Crippen molar-refractivity contribution in [3.05, 3.63) is 42.5 Å². The molecule has 0 aliphatic heterocycles. The number of rotatable bonds is 7. The summed E-state index contributed by atoms with van der Waals surface area (Å²) < 4.78 is 70.8. The highest BCUT2D eigenvalue weighted by atomic mass is 32.2. The molecule has 0 fully saturated rings. The molecule has 0 atom stereocenters. The number of methoxy groups -OCH3 is 1. The van der Waals surface area contributed by atoms with E-state index in [1.807, 2.05) is 0 Å². The van der Waals surface area contributed by atoms with Crippen LogP contribution in [-0.2, 0) is 14.8 Å². The number of carboxylic acid groups (broad SMARTS) is 1. The summed E-state index contributed by atoms with van der Waals surface area (Å²) in [6.07, 6.45) is -3.99. The second-order valence-corrected chi connectivity index (χ2v) is 7.53. The fourth-order valence-electron chi connectivity index (χ4n) is 2.46. The molecule has 0 amide bonds. The maximum Gasteiger partial charge on any atom is 0.573 e. The van der Waals surface area contributed by atoms with Gasteiger partial charge in [-0.25, -0.2) is 8.42 Å². The topological polar surface area (TPSA) is 93.1 Å². The fraction of sp³-hybridized carbons (Fsp3) is 0.235. The Morgan fingerprint density at radius 3 is 2.39 bits per heavy atom. The molecular formula is C17H16F3NO6S. The van der Waals surface area contributed by atoms with Gasteiger partial charge in [0.05, 0.1) is 19.1 Å². The maximum absolute atomic E-state index is 12.4. The lowest BCUT2D eigenvalue weighted by Gasteiger charge is -2.22. The summed E-state index contributed by atoms with van der Waals surface area (Å²) in [5.41, 5.74) is 0.727. The van der Waals surface area contributed by atoms with Crippen molar-refractivity contribution in [3.8, 4) is 22.6 Å². The van der Waals surface area contributed by atoms with Crippen LogP contribution in [0.2, 0.25) is 0 Å². The summed E-state index contributed by atoms with van der Waals surface area (Å²) >= 11 is 0. The summed E-state index contributed by atoms with van der Waals surface area (Å²) in [6.45, 7) is -0.795. The van der Waals surface area contributed by atoms with Crippen molar-refractivity contribution in [1.29, 1.82) is 0 Å². The van der Waals surface area contributed by atoms with Crippen LogP contribution in [-0.4, -0.2) is 45.8 Å². The molecule has 0 aliphatic rings. The van der Waals surface area contributed by atoms with Crippen LogP contribution in [0.5, 0.6) is 11.5 Å². The standard InChI is InChI=1S/C17H16F3NO6S/c1-26-15-9-12(21(10-16(22)23)28(2,24)25)6-7-14(15)11-4-3-5-13(8-11)27-17(18,19)20/h3-9H,10H2,1-2H3,(H,22,23). The molecule has 2 rings (SSSR count). The molecule has 0 saturated carbocycles. The number of carbonyl (C=O) groups is 1. The zero-order chi connectivity index (χ0) is 21.1. The highest BCUT2D eigenvalue weighted by Crippen LogP contribution is 2.36. The predicted octanol–water partition coefficient (Wildman–Crippen LogP) is 3.11. The second kappa shape index (κ2) is 7.97. The van der Waals surface area contributed by atoms with Gasteiger partial charge in [0, 0.05) is 11.6 Å². The van der Waals surface area contributed by atoms with E-state index in [1.165, 1.54) is 37.4 Å². The number of nitrogens with zero attached hydrogens (tertiary/aromatic N) is 1. The Morgan fingerprint density at radius 1 is 1.18 bits per heavy atom. The van der Waals surface area contributed by atoms with Gasteiger partial charge in [0.2, 0.25) is 10.0 Å². The molecule has 0 aliphatic carbocycles. The summed E-state index contributed by atoms with van der Waals surface area (Å²) in [5, 5.41) is 8.95. The molecule has 2 aromatic carbocycles. The third-order valence-electron chi connectivity index (χ3n) is 3.53. The van der Waals surface area contributed by atoms with Gasteiger partial charge in [-0.2, -0.15) is 0 Å². The van der Waals surface area contributed by atoms with Crippen LogP contribution in [0.3, 0.4) is 0 Å². The van der Waals surface area contributed by atoms with Crippen LogP contribution >= 0.6 is 0 Å². The number of anilines is 1. The highest BCUT2D eigenvalue weighted by Gasteiger charge is 2.31. The van der Waals surface area contributed by atoms with E-state index >= 15 is 0 Å². The molecule has 0 unspecified atom stereocenters. The first-order valence-electron chi connectivity index (χ1n) is 7.64. The van der Waals surface area contributed by atoms with Gasteiger partial charge in [0.25, 0.3) is 0 Å². The summed E-state index contributed by atoms with van der Waals surface area (Å²) in [6, 6.07) is 9.20. The molecule has 0 heterocycles. The number of benzene rings is 2. The molecule has 1 N–H and O–H groups in total. The molecule has 0 radical (unpaired) electrons. The average Bonchev–Trinajstić information content (AvgIpc) is 2.56. The predicted molar refractivity (Wildman–Crippen MR) is 94.9 cm³/mol. The summed E-state index contributed by atoms with van der Waals surface area (Å²) in [7, 11) is -2.60.